The predicted molar refractivity (Wildman–Crippen MR) is 116 cm³/mol. The number of benzene rings is 2. The molecule has 2 heterocycles. The summed E-state index contributed by atoms with van der Waals surface area (Å²) in [6, 6.07) is 17.6. The van der Waals surface area contributed by atoms with Crippen LogP contribution in [-0.4, -0.2) is 27.4 Å². The third kappa shape index (κ3) is 4.27. The minimum atomic E-state index is -0.246. The van der Waals surface area contributed by atoms with Crippen LogP contribution in [0.1, 0.15) is 27.4 Å². The van der Waals surface area contributed by atoms with E-state index in [0.717, 1.165) is 23.2 Å². The number of nitrogens with zero attached hydrogens (tertiary/aromatic N) is 2. The Morgan fingerprint density at radius 1 is 1.03 bits per heavy atom. The summed E-state index contributed by atoms with van der Waals surface area (Å²) >= 11 is 0. The zero-order chi connectivity index (χ0) is 20.2. The summed E-state index contributed by atoms with van der Waals surface area (Å²) in [6.07, 6.45) is 2.89. The molecule has 2 aromatic carbocycles. The first-order valence-electron chi connectivity index (χ1n) is 9.62. The number of hydrogen-bond acceptors (Lipinski definition) is 4. The van der Waals surface area contributed by atoms with E-state index in [0.29, 0.717) is 23.9 Å². The zero-order valence-electron chi connectivity index (χ0n) is 16.5. The molecule has 1 amide bonds. The van der Waals surface area contributed by atoms with E-state index < -0.39 is 0 Å². The standard InChI is InChI=1S/C23H23N5O/c1-15-7-3-5-9-19(15)28-23(29)21-13-22(27-16(2)26-21)24-12-11-17-14-25-20-10-6-4-8-18(17)20/h3-10,13-14,25H,11-12H2,1-2H3,(H,28,29)(H,24,26,27). The monoisotopic (exact) mass is 385 g/mol. The molecule has 0 unspecified atom stereocenters. The van der Waals surface area contributed by atoms with Crippen LogP contribution in [0.5, 0.6) is 0 Å². The van der Waals surface area contributed by atoms with Crippen molar-refractivity contribution in [2.24, 2.45) is 0 Å². The van der Waals surface area contributed by atoms with Gasteiger partial charge in [0.15, 0.2) is 0 Å². The van der Waals surface area contributed by atoms with Gasteiger partial charge >= 0.3 is 0 Å². The molecule has 0 fully saturated rings. The van der Waals surface area contributed by atoms with Crippen molar-refractivity contribution >= 4 is 28.3 Å². The van der Waals surface area contributed by atoms with Gasteiger partial charge in [-0.3, -0.25) is 4.79 Å². The number of para-hydroxylation sites is 2. The Morgan fingerprint density at radius 2 is 1.83 bits per heavy atom. The minimum Gasteiger partial charge on any atom is -0.370 e. The zero-order valence-corrected chi connectivity index (χ0v) is 16.5. The van der Waals surface area contributed by atoms with E-state index in [2.05, 4.69) is 37.7 Å². The lowest BCUT2D eigenvalue weighted by Crippen LogP contribution is -2.16. The van der Waals surface area contributed by atoms with E-state index in [1.165, 1.54) is 10.9 Å². The van der Waals surface area contributed by atoms with Gasteiger partial charge in [-0.1, -0.05) is 36.4 Å². The van der Waals surface area contributed by atoms with E-state index in [9.17, 15) is 4.79 Å². The molecule has 3 N–H and O–H groups in total. The molecule has 0 bridgehead atoms. The lowest BCUT2D eigenvalue weighted by molar-refractivity contribution is 0.102. The minimum absolute atomic E-state index is 0.246. The number of H-pyrrole nitrogens is 1. The highest BCUT2D eigenvalue weighted by atomic mass is 16.1. The summed E-state index contributed by atoms with van der Waals surface area (Å²) in [7, 11) is 0. The molecule has 0 radical (unpaired) electrons. The topological polar surface area (TPSA) is 82.7 Å². The highest BCUT2D eigenvalue weighted by Gasteiger charge is 2.12. The normalized spacial score (nSPS) is 10.8. The second-order valence-corrected chi connectivity index (χ2v) is 6.99. The molecule has 0 saturated carbocycles. The second-order valence-electron chi connectivity index (χ2n) is 6.99. The number of nitrogens with one attached hydrogen (secondary N) is 3. The van der Waals surface area contributed by atoms with Gasteiger partial charge < -0.3 is 15.6 Å². The van der Waals surface area contributed by atoms with E-state index in [-0.39, 0.29) is 5.91 Å². The van der Waals surface area contributed by atoms with Crippen LogP contribution in [0.4, 0.5) is 11.5 Å². The predicted octanol–water partition coefficient (Wildman–Crippen LogP) is 4.48. The number of hydrogen-bond donors (Lipinski definition) is 3. The molecule has 2 aromatic heterocycles. The number of aromatic amines is 1. The molecule has 0 aliphatic carbocycles. The first-order chi connectivity index (χ1) is 14.1. The van der Waals surface area contributed by atoms with Crippen LogP contribution in [0.2, 0.25) is 0 Å². The van der Waals surface area contributed by atoms with Crippen molar-refractivity contribution in [3.8, 4) is 0 Å². The van der Waals surface area contributed by atoms with Crippen LogP contribution >= 0.6 is 0 Å². The van der Waals surface area contributed by atoms with Gasteiger partial charge in [0.05, 0.1) is 0 Å². The maximum atomic E-state index is 12.6. The van der Waals surface area contributed by atoms with Crippen LogP contribution in [0.15, 0.2) is 60.8 Å². The van der Waals surface area contributed by atoms with Crippen LogP contribution < -0.4 is 10.6 Å². The fraction of sp³-hybridized carbons (Fsp3) is 0.174. The summed E-state index contributed by atoms with van der Waals surface area (Å²) in [5, 5.41) is 7.46. The van der Waals surface area contributed by atoms with Crippen molar-refractivity contribution in [3.05, 3.63) is 83.4 Å². The maximum absolute atomic E-state index is 12.6. The second kappa shape index (κ2) is 8.14. The highest BCUT2D eigenvalue weighted by molar-refractivity contribution is 6.03. The van der Waals surface area contributed by atoms with Crippen molar-refractivity contribution in [3.63, 3.8) is 0 Å². The van der Waals surface area contributed by atoms with Crippen molar-refractivity contribution < 1.29 is 4.79 Å². The van der Waals surface area contributed by atoms with E-state index in [4.69, 9.17) is 0 Å². The quantitative estimate of drug-likeness (QED) is 0.457. The molecule has 4 aromatic rings. The van der Waals surface area contributed by atoms with Gasteiger partial charge in [-0.25, -0.2) is 9.97 Å². The first-order valence-corrected chi connectivity index (χ1v) is 9.62. The molecule has 0 spiro atoms. The van der Waals surface area contributed by atoms with Gasteiger partial charge in [0.1, 0.15) is 17.3 Å². The summed E-state index contributed by atoms with van der Waals surface area (Å²) in [4.78, 5) is 24.6. The highest BCUT2D eigenvalue weighted by Crippen LogP contribution is 2.19. The van der Waals surface area contributed by atoms with Crippen LogP contribution in [0.3, 0.4) is 0 Å². The fourth-order valence-corrected chi connectivity index (χ4v) is 3.34. The number of amides is 1. The Kier molecular flexibility index (Phi) is 5.24. The number of fused-ring (bicyclic) bond motifs is 1. The number of carbonyl (C=O) groups excluding carboxylic acids is 1. The Labute approximate surface area is 169 Å². The molecular formula is C23H23N5O. The molecular weight excluding hydrogens is 362 g/mol. The summed E-state index contributed by atoms with van der Waals surface area (Å²) in [6.45, 7) is 4.45. The number of carbonyl (C=O) groups is 1. The molecule has 0 aliphatic rings. The molecule has 0 atom stereocenters. The van der Waals surface area contributed by atoms with Crippen LogP contribution in [0.25, 0.3) is 10.9 Å². The fourth-order valence-electron chi connectivity index (χ4n) is 3.34. The number of aryl methyl sites for hydroxylation is 2. The van der Waals surface area contributed by atoms with Crippen molar-refractivity contribution in [1.29, 1.82) is 0 Å². The lowest BCUT2D eigenvalue weighted by Gasteiger charge is -2.10. The van der Waals surface area contributed by atoms with Gasteiger partial charge in [0, 0.05) is 35.4 Å². The van der Waals surface area contributed by atoms with Gasteiger partial charge in [-0.05, 0) is 43.5 Å². The molecule has 29 heavy (non-hydrogen) atoms. The Hall–Kier alpha value is -3.67. The molecule has 6 heteroatoms. The Bertz CT molecular complexity index is 1160. The first kappa shape index (κ1) is 18.7. The van der Waals surface area contributed by atoms with Gasteiger partial charge in [-0.2, -0.15) is 0 Å². The van der Waals surface area contributed by atoms with Gasteiger partial charge in [0.2, 0.25) is 0 Å². The van der Waals surface area contributed by atoms with Crippen molar-refractivity contribution in [2.75, 3.05) is 17.2 Å². The summed E-state index contributed by atoms with van der Waals surface area (Å²) in [5.41, 5.74) is 4.51. The smallest absolute Gasteiger partial charge is 0.274 e. The largest absolute Gasteiger partial charge is 0.370 e. The molecule has 6 nitrogen and oxygen atoms in total. The summed E-state index contributed by atoms with van der Waals surface area (Å²) < 4.78 is 0. The number of aromatic nitrogens is 3. The Morgan fingerprint density at radius 3 is 2.69 bits per heavy atom. The van der Waals surface area contributed by atoms with E-state index in [1.54, 1.807) is 13.0 Å². The third-order valence-corrected chi connectivity index (χ3v) is 4.84. The SMILES string of the molecule is Cc1nc(NCCc2c[nH]c3ccccc23)cc(C(=O)Nc2ccccc2C)n1. The third-order valence-electron chi connectivity index (χ3n) is 4.84. The molecule has 0 aliphatic heterocycles. The number of rotatable bonds is 6. The van der Waals surface area contributed by atoms with Crippen LogP contribution in [-0.2, 0) is 6.42 Å². The van der Waals surface area contributed by atoms with E-state index >= 15 is 0 Å². The van der Waals surface area contributed by atoms with Crippen LogP contribution in [0, 0.1) is 13.8 Å². The molecule has 4 rings (SSSR count). The van der Waals surface area contributed by atoms with Crippen molar-refractivity contribution in [2.45, 2.75) is 20.3 Å². The summed E-state index contributed by atoms with van der Waals surface area (Å²) in [5.74, 6) is 0.953. The van der Waals surface area contributed by atoms with Gasteiger partial charge in [-0.15, -0.1) is 0 Å². The molecule has 0 saturated heterocycles. The van der Waals surface area contributed by atoms with E-state index in [1.807, 2.05) is 49.5 Å². The average molecular weight is 385 g/mol. The maximum Gasteiger partial charge on any atom is 0.274 e. The lowest BCUT2D eigenvalue weighted by atomic mass is 10.1. The van der Waals surface area contributed by atoms with Gasteiger partial charge in [0.25, 0.3) is 5.91 Å². The Balaban J connectivity index is 1.44. The number of anilines is 2. The van der Waals surface area contributed by atoms with Crippen molar-refractivity contribution in [1.82, 2.24) is 15.0 Å². The average Bonchev–Trinajstić information content (AvgIpc) is 3.12. The molecule has 146 valence electrons.